The quantitative estimate of drug-likeness (QED) is 0.0739. The number of phenols is 1. The van der Waals surface area contributed by atoms with Crippen LogP contribution in [0.2, 0.25) is 0 Å². The average molecular weight is 1160 g/mol. The van der Waals surface area contributed by atoms with Gasteiger partial charge < -0.3 is 79.5 Å². The summed E-state index contributed by atoms with van der Waals surface area (Å²) in [7, 11) is 0. The largest absolute Gasteiger partial charge is 0.508 e. The summed E-state index contributed by atoms with van der Waals surface area (Å²) in [5.41, 5.74) is 17.5. The fourth-order valence-corrected chi connectivity index (χ4v) is 8.19. The molecule has 1 fully saturated rings. The van der Waals surface area contributed by atoms with Gasteiger partial charge in [-0.1, -0.05) is 70.2 Å². The number of ketones is 2. The van der Waals surface area contributed by atoms with Crippen molar-refractivity contribution in [1.29, 1.82) is 0 Å². The van der Waals surface area contributed by atoms with E-state index in [0.717, 1.165) is 0 Å². The molecule has 10 atom stereocenters. The van der Waals surface area contributed by atoms with Crippen LogP contribution in [-0.4, -0.2) is 182 Å². The van der Waals surface area contributed by atoms with Crippen molar-refractivity contribution in [3.8, 4) is 5.75 Å². The Morgan fingerprint density at radius 3 is 1.44 bits per heavy atom. The number of Topliss-reactive ketones (excluding diaryl/α,β-unsaturated/α-hetero) is 2. The number of aromatic hydroxyl groups is 1. The lowest BCUT2D eigenvalue weighted by atomic mass is 9.90. The van der Waals surface area contributed by atoms with Crippen molar-refractivity contribution in [3.63, 3.8) is 0 Å². The molecule has 3 rings (SSSR count). The standard InChI is InChI=1S/C52H74N12O18/c1-25(2)17-31-43(73)44(74)42(26(3)4)62-49(79)33(20-39(54)68)57-51(81)37(23-65)61-52(82)38(24-66)60-48(78)35(22-41(71)72)59-47(77)34(21-40(69)70)58-46(76)32(18-27-9-6-5-7-10-27)56-50(80)36(19-28-12-14-29(67)15-13-28)63-64-45(75)30(53)11-8-16-55-31/h5-7,9-10,12-15,25-26,30-38,42,55,63,65-67H,8,11,16-24,53H2,1-4H3,(H2,54,68)(H,56,80)(H,57,81)(H,58,76)(H,59,77)(H,60,78)(H,61,82)(H,62,79)(H,64,75)(H,69,70)(H,71,72)/t30?,31-,32+,33?,34?,35+,36?,37+,38?,42+/m1/s1. The smallest absolute Gasteiger partial charge is 0.305 e. The third-order valence-electron chi connectivity index (χ3n) is 12.6. The third-order valence-corrected chi connectivity index (χ3v) is 12.6. The first kappa shape index (κ1) is 67.8. The Kier molecular flexibility index (Phi) is 27.6. The Bertz CT molecular complexity index is 2610. The molecule has 1 aliphatic heterocycles. The van der Waals surface area contributed by atoms with Gasteiger partial charge in [0.1, 0.15) is 48.0 Å². The lowest BCUT2D eigenvalue weighted by Crippen LogP contribution is -2.62. The number of hydrogen-bond acceptors (Lipinski definition) is 19. The van der Waals surface area contributed by atoms with Crippen LogP contribution in [0, 0.1) is 11.8 Å². The van der Waals surface area contributed by atoms with Gasteiger partial charge in [-0.15, -0.1) is 0 Å². The van der Waals surface area contributed by atoms with Crippen LogP contribution in [0.3, 0.4) is 0 Å². The molecule has 1 heterocycles. The summed E-state index contributed by atoms with van der Waals surface area (Å²) in [6, 6.07) is -3.72. The number of hydrazine groups is 1. The summed E-state index contributed by atoms with van der Waals surface area (Å²) in [5, 5.41) is 68.1. The van der Waals surface area contributed by atoms with Crippen LogP contribution in [0.5, 0.6) is 5.75 Å². The van der Waals surface area contributed by atoms with E-state index in [1.807, 2.05) is 16.0 Å². The maximum atomic E-state index is 14.3. The molecule has 0 radical (unpaired) electrons. The van der Waals surface area contributed by atoms with Crippen LogP contribution in [0.4, 0.5) is 0 Å². The van der Waals surface area contributed by atoms with Crippen LogP contribution in [0.25, 0.3) is 0 Å². The van der Waals surface area contributed by atoms with E-state index in [0.29, 0.717) is 11.1 Å². The molecule has 450 valence electrons. The van der Waals surface area contributed by atoms with Gasteiger partial charge in [-0.3, -0.25) is 67.8 Å². The maximum absolute atomic E-state index is 14.3. The molecular formula is C52H74N12O18. The highest BCUT2D eigenvalue weighted by molar-refractivity contribution is 6.41. The number of hydrogen-bond donors (Lipinski definition) is 17. The summed E-state index contributed by atoms with van der Waals surface area (Å²) in [6.07, 6.45) is -3.65. The first-order chi connectivity index (χ1) is 38.6. The number of phenolic OH excluding ortho intramolecular Hbond substituents is 1. The van der Waals surface area contributed by atoms with Gasteiger partial charge in [0.05, 0.1) is 50.6 Å². The van der Waals surface area contributed by atoms with Gasteiger partial charge >= 0.3 is 11.9 Å². The number of nitrogens with two attached hydrogens (primary N) is 2. The average Bonchev–Trinajstić information content (AvgIpc) is 3.51. The Hall–Kier alpha value is -8.45. The van der Waals surface area contributed by atoms with Gasteiger partial charge in [-0.25, -0.2) is 5.43 Å². The maximum Gasteiger partial charge on any atom is 0.305 e. The topological polar surface area (TPSA) is 495 Å². The molecule has 19 N–H and O–H groups in total. The van der Waals surface area contributed by atoms with E-state index >= 15 is 0 Å². The number of aliphatic hydroxyl groups is 2. The second-order valence-corrected chi connectivity index (χ2v) is 20.2. The number of carboxylic acid groups (broad SMARTS) is 2. The number of carboxylic acids is 2. The van der Waals surface area contributed by atoms with Gasteiger partial charge in [0, 0.05) is 6.42 Å². The number of amides is 9. The van der Waals surface area contributed by atoms with Crippen molar-refractivity contribution in [2.75, 3.05) is 19.8 Å². The summed E-state index contributed by atoms with van der Waals surface area (Å²) >= 11 is 0. The second-order valence-electron chi connectivity index (χ2n) is 20.2. The summed E-state index contributed by atoms with van der Waals surface area (Å²) in [4.78, 5) is 174. The van der Waals surface area contributed by atoms with Crippen molar-refractivity contribution in [3.05, 3.63) is 65.7 Å². The van der Waals surface area contributed by atoms with Gasteiger partial charge in [-0.2, -0.15) is 0 Å². The molecule has 2 aromatic carbocycles. The van der Waals surface area contributed by atoms with E-state index < -0.39 is 175 Å². The van der Waals surface area contributed by atoms with Crippen LogP contribution in [-0.2, 0) is 75.2 Å². The van der Waals surface area contributed by atoms with Gasteiger partial charge in [0.2, 0.25) is 58.8 Å². The van der Waals surface area contributed by atoms with Crippen LogP contribution < -0.4 is 64.9 Å². The minimum Gasteiger partial charge on any atom is -0.508 e. The highest BCUT2D eigenvalue weighted by Gasteiger charge is 2.39. The molecule has 0 aromatic heterocycles. The summed E-state index contributed by atoms with van der Waals surface area (Å²) in [5.74, 6) is -17.6. The van der Waals surface area contributed by atoms with E-state index in [-0.39, 0.29) is 50.3 Å². The van der Waals surface area contributed by atoms with Crippen molar-refractivity contribution in [2.45, 2.75) is 139 Å². The number of carbonyl (C=O) groups is 13. The Morgan fingerprint density at radius 2 is 0.963 bits per heavy atom. The number of aliphatic hydroxyl groups excluding tert-OH is 2. The SMILES string of the molecule is CC(C)C[C@H]1NCCCC(N)C(=O)NNC(Cc2ccc(O)cc2)C(=O)N[C@@H](Cc2ccccc2)C(=O)NC(CC(=O)O)C(=O)N[C@@H](CC(=O)O)C(=O)NC(CO)C(=O)N[C@@H](CO)C(=O)NC(CC(N)=O)C(=O)N[C@@H](C(C)C)C(=O)C1=O. The number of aliphatic carboxylic acids is 2. The number of primary amides is 1. The van der Waals surface area contributed by atoms with Gasteiger partial charge in [0.25, 0.3) is 5.91 Å². The van der Waals surface area contributed by atoms with Crippen molar-refractivity contribution in [1.82, 2.24) is 53.4 Å². The number of carbonyl (C=O) groups excluding carboxylic acids is 11. The van der Waals surface area contributed by atoms with Crippen molar-refractivity contribution < 1.29 is 87.9 Å². The van der Waals surface area contributed by atoms with Crippen molar-refractivity contribution >= 4 is 76.7 Å². The molecule has 5 unspecified atom stereocenters. The monoisotopic (exact) mass is 1150 g/mol. The number of benzene rings is 2. The van der Waals surface area contributed by atoms with Crippen LogP contribution >= 0.6 is 0 Å². The molecule has 2 aromatic rings. The Balaban J connectivity index is 2.14. The van der Waals surface area contributed by atoms with Crippen molar-refractivity contribution in [2.24, 2.45) is 23.3 Å². The van der Waals surface area contributed by atoms with E-state index in [9.17, 15) is 87.9 Å². The van der Waals surface area contributed by atoms with E-state index in [1.54, 1.807) is 44.2 Å². The molecule has 0 bridgehead atoms. The summed E-state index contributed by atoms with van der Waals surface area (Å²) in [6.45, 7) is 4.05. The molecule has 82 heavy (non-hydrogen) atoms. The van der Waals surface area contributed by atoms with E-state index in [4.69, 9.17) is 11.5 Å². The first-order valence-corrected chi connectivity index (χ1v) is 26.1. The first-order valence-electron chi connectivity index (χ1n) is 26.1. The van der Waals surface area contributed by atoms with Gasteiger partial charge in [0.15, 0.2) is 0 Å². The third kappa shape index (κ3) is 22.6. The highest BCUT2D eigenvalue weighted by atomic mass is 16.4. The number of rotatable bonds is 15. The van der Waals surface area contributed by atoms with E-state index in [2.05, 4.69) is 37.4 Å². The predicted octanol–water partition coefficient (Wildman–Crippen LogP) is -5.71. The second kappa shape index (κ2) is 33.3. The zero-order chi connectivity index (χ0) is 61.4. The highest BCUT2D eigenvalue weighted by Crippen LogP contribution is 2.15. The molecule has 30 heteroatoms. The molecular weight excluding hydrogens is 1080 g/mol. The lowest BCUT2D eigenvalue weighted by Gasteiger charge is -2.27. The zero-order valence-corrected chi connectivity index (χ0v) is 45.6. The summed E-state index contributed by atoms with van der Waals surface area (Å²) < 4.78 is 0. The van der Waals surface area contributed by atoms with Crippen LogP contribution in [0.15, 0.2) is 54.6 Å². The normalized spacial score (nSPS) is 25.3. The molecule has 1 aliphatic rings. The molecule has 9 amide bonds. The molecule has 0 aliphatic carbocycles. The minimum absolute atomic E-state index is 0.0267. The molecule has 0 spiro atoms. The number of nitrogens with one attached hydrogen (secondary N) is 10. The zero-order valence-electron chi connectivity index (χ0n) is 45.6. The molecule has 1 saturated heterocycles. The van der Waals surface area contributed by atoms with Gasteiger partial charge in [-0.05, 0) is 67.3 Å². The van der Waals surface area contributed by atoms with E-state index in [1.165, 1.54) is 38.1 Å². The predicted molar refractivity (Wildman–Crippen MR) is 286 cm³/mol. The fraction of sp³-hybridized carbons (Fsp3) is 0.519. The Labute approximate surface area is 470 Å². The Morgan fingerprint density at radius 1 is 0.537 bits per heavy atom. The van der Waals surface area contributed by atoms with Crippen LogP contribution in [0.1, 0.15) is 77.3 Å². The fourth-order valence-electron chi connectivity index (χ4n) is 8.19. The minimum atomic E-state index is -2.19. The molecule has 30 nitrogen and oxygen atoms in total. The molecule has 0 saturated carbocycles. The lowest BCUT2D eigenvalue weighted by molar-refractivity contribution is -0.143.